The smallest absolute Gasteiger partial charge is 0.240 e. The number of nitrogens with zero attached hydrogens (tertiary/aromatic N) is 1. The molecule has 0 radical (unpaired) electrons. The molecular formula is C13H18N2OS. The molecule has 92 valence electrons. The highest BCUT2D eigenvalue weighted by Gasteiger charge is 2.26. The molecule has 17 heavy (non-hydrogen) atoms. The molecule has 1 unspecified atom stereocenters. The van der Waals surface area contributed by atoms with Gasteiger partial charge in [-0.2, -0.15) is 0 Å². The number of aryl methyl sites for hydroxylation is 2. The standard InChI is InChI=1S/C13H18N2OS/c1-8-4-11-12(5-9(8)2)17-10(3)7-15(11)13(16)6-14/h4-5,10H,6-7,14H2,1-3H3. The number of carbonyl (C=O) groups is 1. The Morgan fingerprint density at radius 1 is 1.47 bits per heavy atom. The maximum atomic E-state index is 11.9. The van der Waals surface area contributed by atoms with Crippen molar-refractivity contribution < 1.29 is 4.79 Å². The van der Waals surface area contributed by atoms with Gasteiger partial charge in [-0.05, 0) is 37.1 Å². The van der Waals surface area contributed by atoms with Crippen LogP contribution in [0.1, 0.15) is 18.1 Å². The fraction of sp³-hybridized carbons (Fsp3) is 0.462. The molecule has 1 aliphatic rings. The number of nitrogens with two attached hydrogens (primary N) is 1. The minimum Gasteiger partial charge on any atom is -0.322 e. The van der Waals surface area contributed by atoms with Crippen molar-refractivity contribution in [3.05, 3.63) is 23.3 Å². The van der Waals surface area contributed by atoms with Crippen molar-refractivity contribution >= 4 is 23.4 Å². The predicted octanol–water partition coefficient (Wildman–Crippen LogP) is 2.09. The molecule has 1 aromatic carbocycles. The largest absolute Gasteiger partial charge is 0.322 e. The summed E-state index contributed by atoms with van der Waals surface area (Å²) in [5, 5.41) is 0.417. The van der Waals surface area contributed by atoms with Gasteiger partial charge in [-0.3, -0.25) is 4.79 Å². The van der Waals surface area contributed by atoms with Crippen molar-refractivity contribution in [3.63, 3.8) is 0 Å². The van der Waals surface area contributed by atoms with E-state index in [4.69, 9.17) is 5.73 Å². The van der Waals surface area contributed by atoms with Crippen LogP contribution >= 0.6 is 11.8 Å². The number of rotatable bonds is 1. The van der Waals surface area contributed by atoms with Gasteiger partial charge in [0.25, 0.3) is 0 Å². The average Bonchev–Trinajstić information content (AvgIpc) is 2.29. The van der Waals surface area contributed by atoms with Crippen molar-refractivity contribution in [1.29, 1.82) is 0 Å². The summed E-state index contributed by atoms with van der Waals surface area (Å²) in [6.07, 6.45) is 0. The summed E-state index contributed by atoms with van der Waals surface area (Å²) in [5.74, 6) is 0.00153. The van der Waals surface area contributed by atoms with Crippen LogP contribution in [0.25, 0.3) is 0 Å². The predicted molar refractivity (Wildman–Crippen MR) is 72.6 cm³/mol. The molecule has 0 fully saturated rings. The van der Waals surface area contributed by atoms with E-state index < -0.39 is 0 Å². The fourth-order valence-corrected chi connectivity index (χ4v) is 3.23. The molecule has 0 saturated carbocycles. The van der Waals surface area contributed by atoms with E-state index in [1.165, 1.54) is 16.0 Å². The Bertz CT molecular complexity index is 459. The second kappa shape index (κ2) is 4.70. The average molecular weight is 250 g/mol. The van der Waals surface area contributed by atoms with Crippen molar-refractivity contribution in [1.82, 2.24) is 0 Å². The summed E-state index contributed by atoms with van der Waals surface area (Å²) in [6.45, 7) is 7.13. The zero-order chi connectivity index (χ0) is 12.6. The SMILES string of the molecule is Cc1cc2c(cc1C)N(C(=O)CN)CC(C)S2. The van der Waals surface area contributed by atoms with Crippen LogP contribution in [-0.2, 0) is 4.79 Å². The van der Waals surface area contributed by atoms with E-state index in [1.54, 1.807) is 0 Å². The Balaban J connectivity index is 2.48. The normalized spacial score (nSPS) is 19.1. The fourth-order valence-electron chi connectivity index (χ4n) is 2.04. The summed E-state index contributed by atoms with van der Waals surface area (Å²) >= 11 is 1.83. The maximum Gasteiger partial charge on any atom is 0.240 e. The van der Waals surface area contributed by atoms with Crippen LogP contribution in [0.5, 0.6) is 0 Å². The zero-order valence-electron chi connectivity index (χ0n) is 10.5. The van der Waals surface area contributed by atoms with Crippen LogP contribution in [0.3, 0.4) is 0 Å². The van der Waals surface area contributed by atoms with E-state index in [1.807, 2.05) is 16.7 Å². The maximum absolute atomic E-state index is 11.9. The second-order valence-electron chi connectivity index (χ2n) is 4.54. The van der Waals surface area contributed by atoms with Crippen LogP contribution < -0.4 is 10.6 Å². The number of amides is 1. The third kappa shape index (κ3) is 2.33. The molecule has 2 N–H and O–H groups in total. The van der Waals surface area contributed by atoms with Crippen LogP contribution in [0.2, 0.25) is 0 Å². The molecule has 1 aromatic rings. The lowest BCUT2D eigenvalue weighted by Gasteiger charge is -2.33. The molecule has 1 amide bonds. The van der Waals surface area contributed by atoms with Gasteiger partial charge in [0.05, 0.1) is 12.2 Å². The van der Waals surface area contributed by atoms with E-state index in [-0.39, 0.29) is 12.5 Å². The third-order valence-corrected chi connectivity index (χ3v) is 4.24. The quantitative estimate of drug-likeness (QED) is 0.830. The number of hydrogen-bond donors (Lipinski definition) is 1. The lowest BCUT2D eigenvalue weighted by Crippen LogP contribution is -2.42. The zero-order valence-corrected chi connectivity index (χ0v) is 11.3. The van der Waals surface area contributed by atoms with Gasteiger partial charge in [-0.1, -0.05) is 6.92 Å². The number of carbonyl (C=O) groups excluding carboxylic acids is 1. The molecule has 4 heteroatoms. The Hall–Kier alpha value is -1.000. The molecule has 0 spiro atoms. The first-order valence-corrected chi connectivity index (χ1v) is 6.69. The number of thioether (sulfide) groups is 1. The molecule has 0 aromatic heterocycles. The Labute approximate surface area is 106 Å². The summed E-state index contributed by atoms with van der Waals surface area (Å²) in [4.78, 5) is 14.9. The molecule has 1 aliphatic heterocycles. The van der Waals surface area contributed by atoms with Gasteiger partial charge in [0, 0.05) is 16.7 Å². The van der Waals surface area contributed by atoms with Gasteiger partial charge >= 0.3 is 0 Å². The molecule has 3 nitrogen and oxygen atoms in total. The van der Waals surface area contributed by atoms with Crippen molar-refractivity contribution in [2.45, 2.75) is 30.9 Å². The highest BCUT2D eigenvalue weighted by molar-refractivity contribution is 8.00. The van der Waals surface area contributed by atoms with Gasteiger partial charge in [-0.25, -0.2) is 0 Å². The van der Waals surface area contributed by atoms with Crippen molar-refractivity contribution in [3.8, 4) is 0 Å². The highest BCUT2D eigenvalue weighted by Crippen LogP contribution is 2.39. The van der Waals surface area contributed by atoms with Gasteiger partial charge in [0.1, 0.15) is 0 Å². The van der Waals surface area contributed by atoms with Gasteiger partial charge in [0.2, 0.25) is 5.91 Å². The monoisotopic (exact) mass is 250 g/mol. The highest BCUT2D eigenvalue weighted by atomic mass is 32.2. The molecule has 0 saturated heterocycles. The molecular weight excluding hydrogens is 232 g/mol. The number of benzene rings is 1. The lowest BCUT2D eigenvalue weighted by molar-refractivity contribution is -0.117. The van der Waals surface area contributed by atoms with E-state index in [2.05, 4.69) is 32.9 Å². The molecule has 1 atom stereocenters. The van der Waals surface area contributed by atoms with E-state index in [9.17, 15) is 4.79 Å². The minimum absolute atomic E-state index is 0.00153. The molecule has 2 rings (SSSR count). The van der Waals surface area contributed by atoms with Gasteiger partial charge < -0.3 is 10.6 Å². The van der Waals surface area contributed by atoms with E-state index in [0.717, 1.165) is 12.2 Å². The topological polar surface area (TPSA) is 46.3 Å². The Morgan fingerprint density at radius 3 is 2.76 bits per heavy atom. The second-order valence-corrected chi connectivity index (χ2v) is 6.02. The first-order valence-electron chi connectivity index (χ1n) is 5.81. The van der Waals surface area contributed by atoms with Gasteiger partial charge in [0.15, 0.2) is 0 Å². The van der Waals surface area contributed by atoms with Crippen molar-refractivity contribution in [2.75, 3.05) is 18.0 Å². The van der Waals surface area contributed by atoms with E-state index in [0.29, 0.717) is 5.25 Å². The Kier molecular flexibility index (Phi) is 3.45. The van der Waals surface area contributed by atoms with Gasteiger partial charge in [-0.15, -0.1) is 11.8 Å². The van der Waals surface area contributed by atoms with Crippen LogP contribution in [0.4, 0.5) is 5.69 Å². The lowest BCUT2D eigenvalue weighted by atomic mass is 10.1. The minimum atomic E-state index is 0.00153. The molecule has 0 bridgehead atoms. The first kappa shape index (κ1) is 12.5. The summed E-state index contributed by atoms with van der Waals surface area (Å²) in [5.41, 5.74) is 8.98. The number of hydrogen-bond acceptors (Lipinski definition) is 3. The van der Waals surface area contributed by atoms with Crippen LogP contribution in [-0.4, -0.2) is 24.2 Å². The Morgan fingerprint density at radius 2 is 2.12 bits per heavy atom. The van der Waals surface area contributed by atoms with Crippen LogP contribution in [0, 0.1) is 13.8 Å². The summed E-state index contributed by atoms with van der Waals surface area (Å²) < 4.78 is 0. The van der Waals surface area contributed by atoms with Crippen molar-refractivity contribution in [2.24, 2.45) is 5.73 Å². The molecule has 0 aliphatic carbocycles. The van der Waals surface area contributed by atoms with Crippen LogP contribution in [0.15, 0.2) is 17.0 Å². The van der Waals surface area contributed by atoms with E-state index >= 15 is 0 Å². The number of fused-ring (bicyclic) bond motifs is 1. The summed E-state index contributed by atoms with van der Waals surface area (Å²) in [6, 6.07) is 4.26. The summed E-state index contributed by atoms with van der Waals surface area (Å²) in [7, 11) is 0. The number of anilines is 1. The third-order valence-electron chi connectivity index (χ3n) is 3.11. The molecule has 1 heterocycles. The first-order chi connectivity index (χ1) is 8.02.